The van der Waals surface area contributed by atoms with Gasteiger partial charge in [-0.15, -0.1) is 31.4 Å². The third-order valence-corrected chi connectivity index (χ3v) is 3.59. The van der Waals surface area contributed by atoms with Gasteiger partial charge in [0.25, 0.3) is 0 Å². The van der Waals surface area contributed by atoms with Crippen LogP contribution in [0.5, 0.6) is 5.75 Å². The number of hydrogen-bond acceptors (Lipinski definition) is 3. The van der Waals surface area contributed by atoms with Gasteiger partial charge in [-0.2, -0.15) is 0 Å². The molecule has 1 aliphatic rings. The highest BCUT2D eigenvalue weighted by molar-refractivity contribution is 5.85. The molecule has 0 bridgehead atoms. The number of nitrogens with one attached hydrogen (secondary N) is 1. The molecule has 21 heavy (non-hydrogen) atoms. The van der Waals surface area contributed by atoms with Gasteiger partial charge in [0.1, 0.15) is 0 Å². The van der Waals surface area contributed by atoms with E-state index in [1.54, 1.807) is 0 Å². The van der Waals surface area contributed by atoms with Gasteiger partial charge in [-0.3, -0.25) is 4.90 Å². The lowest BCUT2D eigenvalue weighted by Gasteiger charge is -2.35. The number of piperazine rings is 1. The normalized spacial score (nSPS) is 16.4. The summed E-state index contributed by atoms with van der Waals surface area (Å²) in [7, 11) is 0. The van der Waals surface area contributed by atoms with Crippen molar-refractivity contribution in [1.29, 1.82) is 0 Å². The fourth-order valence-electron chi connectivity index (χ4n) is 2.56. The lowest BCUT2D eigenvalue weighted by Crippen LogP contribution is -2.45. The van der Waals surface area contributed by atoms with E-state index in [1.807, 2.05) is 12.1 Å². The molecule has 1 saturated heterocycles. The summed E-state index contributed by atoms with van der Waals surface area (Å²) < 4.78 is 13.5. The number of hydrogen-bond donors (Lipinski definition) is 2. The van der Waals surface area contributed by atoms with Crippen molar-refractivity contribution in [1.82, 2.24) is 10.2 Å². The Morgan fingerprint density at radius 3 is 2.57 bits per heavy atom. The molecule has 6 heteroatoms. The first-order valence-corrected chi connectivity index (χ1v) is 6.76. The molecule has 0 spiro atoms. The first-order valence-electron chi connectivity index (χ1n) is 6.76. The smallest absolute Gasteiger partial charge is 0.165 e. The Kier molecular flexibility index (Phi) is 9.62. The molecule has 0 radical (unpaired) electrons. The second-order valence-corrected chi connectivity index (χ2v) is 4.88. The number of phenolic OH excluding ortho intramolecular Hbond substituents is 1. The van der Waals surface area contributed by atoms with Crippen molar-refractivity contribution >= 4 is 24.8 Å². The maximum Gasteiger partial charge on any atom is 0.165 e. The Balaban J connectivity index is 0.00000200. The minimum atomic E-state index is -0.545. The predicted molar refractivity (Wildman–Crippen MR) is 89.2 cm³/mol. The fourth-order valence-corrected chi connectivity index (χ4v) is 2.56. The van der Waals surface area contributed by atoms with Gasteiger partial charge in [-0.1, -0.05) is 12.1 Å². The average molecular weight is 337 g/mol. The second-order valence-electron chi connectivity index (χ2n) is 4.88. The molecule has 3 nitrogen and oxygen atoms in total. The van der Waals surface area contributed by atoms with Crippen molar-refractivity contribution < 1.29 is 9.50 Å². The van der Waals surface area contributed by atoms with E-state index in [0.717, 1.165) is 44.6 Å². The molecule has 2 N–H and O–H groups in total. The number of benzene rings is 1. The summed E-state index contributed by atoms with van der Waals surface area (Å²) in [6, 6.07) is 4.89. The largest absolute Gasteiger partial charge is 0.505 e. The molecule has 0 saturated carbocycles. The average Bonchev–Trinajstić information content (AvgIpc) is 2.44. The monoisotopic (exact) mass is 336 g/mol. The number of aromatic hydroxyl groups is 1. The molecule has 120 valence electrons. The van der Waals surface area contributed by atoms with Crippen LogP contribution in [0.25, 0.3) is 0 Å². The maximum absolute atomic E-state index is 13.5. The van der Waals surface area contributed by atoms with Crippen LogP contribution < -0.4 is 5.32 Å². The molecule has 1 heterocycles. The van der Waals surface area contributed by atoms with E-state index >= 15 is 0 Å². The van der Waals surface area contributed by atoms with E-state index in [0.29, 0.717) is 0 Å². The highest BCUT2D eigenvalue weighted by atomic mass is 35.5. The molecule has 0 amide bonds. The van der Waals surface area contributed by atoms with Gasteiger partial charge < -0.3 is 10.4 Å². The number of halogens is 3. The van der Waals surface area contributed by atoms with Crippen molar-refractivity contribution in [3.05, 3.63) is 42.2 Å². The number of phenols is 1. The maximum atomic E-state index is 13.5. The van der Waals surface area contributed by atoms with E-state index in [2.05, 4.69) is 16.8 Å². The predicted octanol–water partition coefficient (Wildman–Crippen LogP) is 3.29. The van der Waals surface area contributed by atoms with Crippen molar-refractivity contribution in [3.63, 3.8) is 0 Å². The lowest BCUT2D eigenvalue weighted by molar-refractivity contribution is 0.166. The third kappa shape index (κ3) is 5.47. The lowest BCUT2D eigenvalue weighted by atomic mass is 9.99. The highest BCUT2D eigenvalue weighted by Gasteiger charge is 2.22. The van der Waals surface area contributed by atoms with Crippen LogP contribution in [0.4, 0.5) is 4.39 Å². The summed E-state index contributed by atoms with van der Waals surface area (Å²) in [5, 5.41) is 12.6. The third-order valence-electron chi connectivity index (χ3n) is 3.59. The highest BCUT2D eigenvalue weighted by Crippen LogP contribution is 2.29. The van der Waals surface area contributed by atoms with Gasteiger partial charge >= 0.3 is 0 Å². The molecular formula is C15H23Cl2FN2O. The van der Waals surface area contributed by atoms with Crippen LogP contribution >= 0.6 is 24.8 Å². The van der Waals surface area contributed by atoms with Crippen LogP contribution in [0.3, 0.4) is 0 Å². The minimum Gasteiger partial charge on any atom is -0.505 e. The summed E-state index contributed by atoms with van der Waals surface area (Å²) in [6.45, 7) is 7.61. The summed E-state index contributed by atoms with van der Waals surface area (Å²) >= 11 is 0. The molecule has 1 aromatic rings. The van der Waals surface area contributed by atoms with E-state index in [1.165, 1.54) is 12.1 Å². The zero-order valence-corrected chi connectivity index (χ0v) is 13.6. The van der Waals surface area contributed by atoms with E-state index in [9.17, 15) is 9.50 Å². The molecule has 0 unspecified atom stereocenters. The van der Waals surface area contributed by atoms with Crippen LogP contribution in [-0.2, 0) is 0 Å². The molecule has 0 aliphatic carbocycles. The van der Waals surface area contributed by atoms with Gasteiger partial charge in [0.05, 0.1) is 0 Å². The molecule has 1 aromatic carbocycles. The Labute approximate surface area is 138 Å². The van der Waals surface area contributed by atoms with Crippen molar-refractivity contribution in [2.45, 2.75) is 18.9 Å². The van der Waals surface area contributed by atoms with Crippen LogP contribution in [-0.4, -0.2) is 36.2 Å². The van der Waals surface area contributed by atoms with Crippen LogP contribution in [0.1, 0.15) is 24.4 Å². The fraction of sp³-hybridized carbons (Fsp3) is 0.467. The minimum absolute atomic E-state index is 0. The van der Waals surface area contributed by atoms with Crippen LogP contribution in [0, 0.1) is 5.82 Å². The van der Waals surface area contributed by atoms with Gasteiger partial charge in [0.2, 0.25) is 0 Å². The zero-order chi connectivity index (χ0) is 13.7. The first kappa shape index (κ1) is 20.2. The van der Waals surface area contributed by atoms with Crippen LogP contribution in [0.2, 0.25) is 0 Å². The first-order chi connectivity index (χ1) is 9.22. The molecule has 2 rings (SSSR count). The molecule has 1 atom stereocenters. The molecule has 0 aromatic heterocycles. The molecule has 1 aliphatic heterocycles. The summed E-state index contributed by atoms with van der Waals surface area (Å²) in [4.78, 5) is 2.37. The Morgan fingerprint density at radius 1 is 1.33 bits per heavy atom. The quantitative estimate of drug-likeness (QED) is 0.810. The zero-order valence-electron chi connectivity index (χ0n) is 11.9. The van der Waals surface area contributed by atoms with Gasteiger partial charge in [0, 0.05) is 32.2 Å². The van der Waals surface area contributed by atoms with Crippen molar-refractivity contribution in [2.75, 3.05) is 26.2 Å². The van der Waals surface area contributed by atoms with Crippen molar-refractivity contribution in [2.24, 2.45) is 0 Å². The molecule has 1 fully saturated rings. The van der Waals surface area contributed by atoms with Gasteiger partial charge in [-0.05, 0) is 30.5 Å². The van der Waals surface area contributed by atoms with Crippen LogP contribution in [0.15, 0.2) is 30.9 Å². The summed E-state index contributed by atoms with van der Waals surface area (Å²) in [6.07, 6.45) is 3.72. The van der Waals surface area contributed by atoms with E-state index in [-0.39, 0.29) is 36.6 Å². The Hall–Kier alpha value is -0.810. The Bertz CT molecular complexity index is 440. The number of rotatable bonds is 5. The van der Waals surface area contributed by atoms with Crippen molar-refractivity contribution in [3.8, 4) is 5.75 Å². The summed E-state index contributed by atoms with van der Waals surface area (Å²) in [5.74, 6) is -0.831. The standard InChI is InChI=1S/C15H21FN2O.2ClH/c1-2-3-4-14(18-9-7-17-8-10-18)12-5-6-15(19)13(16)11-12;;/h2,5-6,11,14,17,19H,1,3-4,7-10H2;2*1H/t14-;;/m1../s1. The van der Waals surface area contributed by atoms with Gasteiger partial charge in [-0.25, -0.2) is 4.39 Å². The van der Waals surface area contributed by atoms with E-state index in [4.69, 9.17) is 0 Å². The second kappa shape index (κ2) is 10.0. The summed E-state index contributed by atoms with van der Waals surface area (Å²) in [5.41, 5.74) is 0.930. The number of allylic oxidation sites excluding steroid dienone is 1. The SMILES string of the molecule is C=CCC[C@H](c1ccc(O)c(F)c1)N1CCNCC1.Cl.Cl. The van der Waals surface area contributed by atoms with Gasteiger partial charge in [0.15, 0.2) is 11.6 Å². The topological polar surface area (TPSA) is 35.5 Å². The molecular weight excluding hydrogens is 314 g/mol. The van der Waals surface area contributed by atoms with E-state index < -0.39 is 5.82 Å². The number of nitrogens with zero attached hydrogens (tertiary/aromatic N) is 1. The Morgan fingerprint density at radius 2 is 2.00 bits per heavy atom.